The van der Waals surface area contributed by atoms with Gasteiger partial charge in [0.25, 0.3) is 5.91 Å². The first-order valence-corrected chi connectivity index (χ1v) is 8.96. The highest BCUT2D eigenvalue weighted by molar-refractivity contribution is 5.93. The van der Waals surface area contributed by atoms with E-state index in [2.05, 4.69) is 20.3 Å². The van der Waals surface area contributed by atoms with E-state index in [9.17, 15) is 9.90 Å². The first-order chi connectivity index (χ1) is 12.1. The van der Waals surface area contributed by atoms with Crippen molar-refractivity contribution in [1.29, 1.82) is 0 Å². The predicted octanol–water partition coefficient (Wildman–Crippen LogP) is 2.10. The average Bonchev–Trinajstić information content (AvgIpc) is 3.34. The van der Waals surface area contributed by atoms with E-state index in [1.165, 1.54) is 19.3 Å². The molecule has 0 unspecified atom stereocenters. The zero-order valence-electron chi connectivity index (χ0n) is 14.3. The van der Waals surface area contributed by atoms with Crippen LogP contribution in [-0.2, 0) is 0 Å². The van der Waals surface area contributed by atoms with Crippen LogP contribution in [0.5, 0.6) is 0 Å². The molecule has 0 spiro atoms. The van der Waals surface area contributed by atoms with Crippen LogP contribution in [0, 0.1) is 6.92 Å². The highest BCUT2D eigenvalue weighted by atomic mass is 16.5. The number of likely N-dealkylation sites (tertiary alicyclic amines) is 1. The highest BCUT2D eigenvalue weighted by Crippen LogP contribution is 2.34. The Labute approximate surface area is 145 Å². The van der Waals surface area contributed by atoms with Crippen molar-refractivity contribution in [3.05, 3.63) is 29.2 Å². The second-order valence-corrected chi connectivity index (χ2v) is 7.09. The van der Waals surface area contributed by atoms with E-state index in [0.717, 1.165) is 18.5 Å². The molecule has 0 radical (unpaired) electrons. The third kappa shape index (κ3) is 3.18. The number of hydrogen-bond acceptors (Lipinski definition) is 6. The van der Waals surface area contributed by atoms with Crippen molar-refractivity contribution in [2.75, 3.05) is 6.54 Å². The minimum atomic E-state index is -0.599. The second-order valence-electron chi connectivity index (χ2n) is 7.09. The molecule has 2 aromatic heterocycles. The van der Waals surface area contributed by atoms with Crippen LogP contribution in [0.2, 0.25) is 0 Å². The quantitative estimate of drug-likeness (QED) is 0.882. The number of H-pyrrole nitrogens is 1. The lowest BCUT2D eigenvalue weighted by Crippen LogP contribution is -2.32. The van der Waals surface area contributed by atoms with Crippen LogP contribution in [-0.4, -0.2) is 48.9 Å². The molecular formula is C17H23N5O3. The molecule has 0 bridgehead atoms. The van der Waals surface area contributed by atoms with Crippen LogP contribution < -0.4 is 0 Å². The molecule has 1 saturated carbocycles. The molecule has 1 aliphatic carbocycles. The lowest BCUT2D eigenvalue weighted by Gasteiger charge is -2.20. The van der Waals surface area contributed by atoms with Crippen molar-refractivity contribution in [2.24, 2.45) is 0 Å². The number of β-amino-alcohol motifs (C(OH)–C–C–N with tert-alkyl or cyclic N) is 1. The largest absolute Gasteiger partial charge is 0.391 e. The molecule has 2 N–H and O–H groups in total. The van der Waals surface area contributed by atoms with E-state index in [0.29, 0.717) is 29.7 Å². The van der Waals surface area contributed by atoms with E-state index in [1.54, 1.807) is 11.8 Å². The number of carbonyl (C=O) groups excluding carboxylic acids is 1. The summed E-state index contributed by atoms with van der Waals surface area (Å²) >= 11 is 0. The molecule has 4 rings (SSSR count). The SMILES string of the molecule is Cc1noc([C@H]2C[C@H](O)CN2C(=O)c2cc(C3CCCCC3)[nH]n2)n1. The summed E-state index contributed by atoms with van der Waals surface area (Å²) in [4.78, 5) is 18.7. The number of aliphatic hydroxyl groups excluding tert-OH is 1. The van der Waals surface area contributed by atoms with Gasteiger partial charge >= 0.3 is 0 Å². The maximum absolute atomic E-state index is 12.9. The van der Waals surface area contributed by atoms with Gasteiger partial charge in [-0.3, -0.25) is 9.89 Å². The van der Waals surface area contributed by atoms with E-state index in [4.69, 9.17) is 4.52 Å². The Morgan fingerprint density at radius 1 is 1.36 bits per heavy atom. The van der Waals surface area contributed by atoms with Crippen molar-refractivity contribution in [1.82, 2.24) is 25.2 Å². The zero-order chi connectivity index (χ0) is 17.4. The highest BCUT2D eigenvalue weighted by Gasteiger charge is 2.39. The Kier molecular flexibility index (Phi) is 4.29. The van der Waals surface area contributed by atoms with Crippen molar-refractivity contribution < 1.29 is 14.4 Å². The van der Waals surface area contributed by atoms with Gasteiger partial charge < -0.3 is 14.5 Å². The standard InChI is InChI=1S/C17H23N5O3/c1-10-18-16(25-21-10)15-7-12(23)9-22(15)17(24)14-8-13(19-20-14)11-5-3-2-4-6-11/h8,11-12,15,23H,2-7,9H2,1H3,(H,19,20)/t12-,15+/m0/s1. The van der Waals surface area contributed by atoms with Crippen LogP contribution in [0.25, 0.3) is 0 Å². The van der Waals surface area contributed by atoms with Crippen LogP contribution in [0.3, 0.4) is 0 Å². The fourth-order valence-electron chi connectivity index (χ4n) is 3.94. The number of carbonyl (C=O) groups is 1. The summed E-state index contributed by atoms with van der Waals surface area (Å²) in [5.74, 6) is 1.13. The molecule has 1 amide bonds. The van der Waals surface area contributed by atoms with Gasteiger partial charge in [0.15, 0.2) is 5.82 Å². The number of aryl methyl sites for hydroxylation is 1. The summed E-state index contributed by atoms with van der Waals surface area (Å²) in [6, 6.07) is 1.46. The molecule has 8 nitrogen and oxygen atoms in total. The topological polar surface area (TPSA) is 108 Å². The average molecular weight is 345 g/mol. The Hall–Kier alpha value is -2.22. The number of nitrogens with zero attached hydrogens (tertiary/aromatic N) is 4. The molecule has 1 saturated heterocycles. The maximum atomic E-state index is 12.9. The van der Waals surface area contributed by atoms with Gasteiger partial charge in [-0.2, -0.15) is 10.1 Å². The van der Waals surface area contributed by atoms with E-state index >= 15 is 0 Å². The number of aromatic nitrogens is 4. The van der Waals surface area contributed by atoms with Crippen molar-refractivity contribution >= 4 is 5.91 Å². The Bertz CT molecular complexity index is 749. The Balaban J connectivity index is 1.54. The molecule has 134 valence electrons. The fourth-order valence-corrected chi connectivity index (χ4v) is 3.94. The predicted molar refractivity (Wildman–Crippen MR) is 87.9 cm³/mol. The van der Waals surface area contributed by atoms with Gasteiger partial charge in [-0.05, 0) is 25.8 Å². The molecule has 1 aliphatic heterocycles. The molecule has 2 fully saturated rings. The molecule has 3 heterocycles. The monoisotopic (exact) mass is 345 g/mol. The summed E-state index contributed by atoms with van der Waals surface area (Å²) in [5.41, 5.74) is 1.42. The van der Waals surface area contributed by atoms with Gasteiger partial charge in [0, 0.05) is 24.6 Å². The van der Waals surface area contributed by atoms with Crippen LogP contribution >= 0.6 is 0 Å². The molecule has 2 aromatic rings. The first kappa shape index (κ1) is 16.3. The second kappa shape index (κ2) is 6.59. The summed E-state index contributed by atoms with van der Waals surface area (Å²) in [7, 11) is 0. The van der Waals surface area contributed by atoms with Gasteiger partial charge in [-0.1, -0.05) is 24.4 Å². The van der Waals surface area contributed by atoms with Crippen LogP contribution in [0.4, 0.5) is 0 Å². The maximum Gasteiger partial charge on any atom is 0.275 e. The number of hydrogen-bond donors (Lipinski definition) is 2. The summed E-state index contributed by atoms with van der Waals surface area (Å²) in [6.07, 6.45) is 5.82. The first-order valence-electron chi connectivity index (χ1n) is 8.96. The molecule has 25 heavy (non-hydrogen) atoms. The molecule has 2 aliphatic rings. The van der Waals surface area contributed by atoms with Gasteiger partial charge in [-0.15, -0.1) is 0 Å². The zero-order valence-corrected chi connectivity index (χ0v) is 14.3. The van der Waals surface area contributed by atoms with Gasteiger partial charge in [-0.25, -0.2) is 0 Å². The lowest BCUT2D eigenvalue weighted by molar-refractivity contribution is 0.0687. The summed E-state index contributed by atoms with van der Waals surface area (Å²) in [5, 5.41) is 21.1. The summed E-state index contributed by atoms with van der Waals surface area (Å²) in [6.45, 7) is 1.98. The minimum Gasteiger partial charge on any atom is -0.391 e. The van der Waals surface area contributed by atoms with E-state index in [1.807, 2.05) is 6.07 Å². The lowest BCUT2D eigenvalue weighted by atomic mass is 9.87. The number of rotatable bonds is 3. The van der Waals surface area contributed by atoms with Gasteiger partial charge in [0.1, 0.15) is 11.7 Å². The van der Waals surface area contributed by atoms with Crippen molar-refractivity contribution in [3.8, 4) is 0 Å². The normalized spacial score (nSPS) is 24.8. The van der Waals surface area contributed by atoms with Gasteiger partial charge in [0.2, 0.25) is 5.89 Å². The third-order valence-corrected chi connectivity index (χ3v) is 5.23. The minimum absolute atomic E-state index is 0.212. The van der Waals surface area contributed by atoms with Crippen LogP contribution in [0.1, 0.15) is 78.4 Å². The Morgan fingerprint density at radius 2 is 2.16 bits per heavy atom. The van der Waals surface area contributed by atoms with Crippen LogP contribution in [0.15, 0.2) is 10.6 Å². The number of nitrogens with one attached hydrogen (secondary N) is 1. The number of aromatic amines is 1. The molecule has 8 heteroatoms. The van der Waals surface area contributed by atoms with E-state index < -0.39 is 12.1 Å². The van der Waals surface area contributed by atoms with Gasteiger partial charge in [0.05, 0.1) is 6.10 Å². The van der Waals surface area contributed by atoms with E-state index in [-0.39, 0.29) is 12.5 Å². The van der Waals surface area contributed by atoms with Crippen molar-refractivity contribution in [2.45, 2.75) is 63.5 Å². The molecular weight excluding hydrogens is 322 g/mol. The van der Waals surface area contributed by atoms with Crippen molar-refractivity contribution in [3.63, 3.8) is 0 Å². The Morgan fingerprint density at radius 3 is 2.88 bits per heavy atom. The summed E-state index contributed by atoms with van der Waals surface area (Å²) < 4.78 is 5.22. The fraction of sp³-hybridized carbons (Fsp3) is 0.647. The smallest absolute Gasteiger partial charge is 0.275 e. The number of amides is 1. The molecule has 0 aromatic carbocycles. The molecule has 2 atom stereocenters. The third-order valence-electron chi connectivity index (χ3n) is 5.23. The number of aliphatic hydroxyl groups is 1.